The van der Waals surface area contributed by atoms with Gasteiger partial charge in [0.25, 0.3) is 10.0 Å². The average Bonchev–Trinajstić information content (AvgIpc) is 3.36. The van der Waals surface area contributed by atoms with E-state index in [1.807, 2.05) is 4.90 Å². The first-order valence-electron chi connectivity index (χ1n) is 10.9. The van der Waals surface area contributed by atoms with Crippen molar-refractivity contribution in [3.8, 4) is 5.75 Å². The number of piperazine rings is 1. The number of aromatic hydroxyl groups is 1. The zero-order valence-electron chi connectivity index (χ0n) is 18.8. The molecule has 0 bridgehead atoms. The van der Waals surface area contributed by atoms with Crippen molar-refractivity contribution in [3.05, 3.63) is 77.2 Å². The summed E-state index contributed by atoms with van der Waals surface area (Å²) in [7, 11) is -3.67. The van der Waals surface area contributed by atoms with Gasteiger partial charge >= 0.3 is 6.18 Å². The minimum atomic E-state index is -4.82. The third kappa shape index (κ3) is 5.18. The number of rotatable bonds is 6. The van der Waals surface area contributed by atoms with Gasteiger partial charge in [0.05, 0.1) is 0 Å². The Labute approximate surface area is 205 Å². The maximum Gasteiger partial charge on any atom is 0.421 e. The summed E-state index contributed by atoms with van der Waals surface area (Å²) in [6.45, 7) is 1.45. The largest absolute Gasteiger partial charge is 0.508 e. The van der Waals surface area contributed by atoms with Gasteiger partial charge in [-0.2, -0.15) is 17.5 Å². The first-order chi connectivity index (χ1) is 16.4. The Morgan fingerprint density at radius 1 is 1.03 bits per heavy atom. The summed E-state index contributed by atoms with van der Waals surface area (Å²) in [4.78, 5) is 1.97. The van der Waals surface area contributed by atoms with E-state index in [0.29, 0.717) is 25.6 Å². The monoisotopic (exact) mass is 526 g/mol. The quantitative estimate of drug-likeness (QED) is 0.499. The summed E-state index contributed by atoms with van der Waals surface area (Å²) in [5.41, 5.74) is -1.75. The van der Waals surface area contributed by atoms with Gasteiger partial charge in [-0.3, -0.25) is 0 Å². The fourth-order valence-corrected chi connectivity index (χ4v) is 6.76. The molecular weight excluding hydrogens is 501 g/mol. The van der Waals surface area contributed by atoms with E-state index in [9.17, 15) is 31.8 Å². The summed E-state index contributed by atoms with van der Waals surface area (Å²) < 4.78 is 67.7. The summed E-state index contributed by atoms with van der Waals surface area (Å²) in [6, 6.07) is 15.1. The molecule has 1 aliphatic rings. The predicted molar refractivity (Wildman–Crippen MR) is 128 cm³/mol. The standard InChI is InChI=1S/C24H25F3N2O4S2/c1-23(31,24(25,26)27)18-6-8-19(9-7-18)29-13-12-28(35(32,33)22-3-2-14-34-22)16-20(29)15-17-4-10-21(30)11-5-17/h2-11,14,20,30-31H,12-13,15-16H2,1H3/t20-,23?/m0/s1. The molecule has 35 heavy (non-hydrogen) atoms. The number of anilines is 1. The van der Waals surface area contributed by atoms with Gasteiger partial charge in [-0.1, -0.05) is 30.3 Å². The molecule has 4 rings (SSSR count). The topological polar surface area (TPSA) is 81.1 Å². The third-order valence-electron chi connectivity index (χ3n) is 6.26. The number of halogens is 3. The first-order valence-corrected chi connectivity index (χ1v) is 13.2. The van der Waals surface area contributed by atoms with Gasteiger partial charge in [0.2, 0.25) is 0 Å². The molecule has 188 valence electrons. The van der Waals surface area contributed by atoms with Crippen LogP contribution in [-0.4, -0.2) is 54.8 Å². The van der Waals surface area contributed by atoms with Crippen molar-refractivity contribution in [2.75, 3.05) is 24.5 Å². The number of thiophene rings is 1. The van der Waals surface area contributed by atoms with Crippen molar-refractivity contribution >= 4 is 27.0 Å². The van der Waals surface area contributed by atoms with E-state index in [-0.39, 0.29) is 34.7 Å². The smallest absolute Gasteiger partial charge is 0.421 e. The van der Waals surface area contributed by atoms with Gasteiger partial charge in [-0.15, -0.1) is 11.3 Å². The lowest BCUT2D eigenvalue weighted by Gasteiger charge is -2.42. The number of benzene rings is 2. The SMILES string of the molecule is CC(O)(c1ccc(N2CCN(S(=O)(=O)c3cccs3)C[C@@H]2Cc2ccc(O)cc2)cc1)C(F)(F)F. The number of aliphatic hydroxyl groups is 1. The van der Waals surface area contributed by atoms with Crippen molar-refractivity contribution in [1.82, 2.24) is 4.31 Å². The van der Waals surface area contributed by atoms with Crippen LogP contribution in [0.4, 0.5) is 18.9 Å². The molecule has 0 amide bonds. The number of sulfonamides is 1. The molecule has 11 heteroatoms. The van der Waals surface area contributed by atoms with E-state index >= 15 is 0 Å². The molecule has 1 aromatic heterocycles. The second-order valence-electron chi connectivity index (χ2n) is 8.63. The predicted octanol–water partition coefficient (Wildman–Crippen LogP) is 4.35. The molecule has 0 radical (unpaired) electrons. The van der Waals surface area contributed by atoms with Crippen LogP contribution in [0.15, 0.2) is 70.3 Å². The van der Waals surface area contributed by atoms with Crippen LogP contribution in [0.5, 0.6) is 5.75 Å². The van der Waals surface area contributed by atoms with Crippen LogP contribution in [0.2, 0.25) is 0 Å². The Morgan fingerprint density at radius 3 is 2.26 bits per heavy atom. The molecule has 3 aromatic rings. The minimum absolute atomic E-state index is 0.114. The van der Waals surface area contributed by atoms with Gasteiger partial charge in [-0.25, -0.2) is 8.42 Å². The maximum absolute atomic E-state index is 13.2. The number of phenols is 1. The molecule has 0 spiro atoms. The summed E-state index contributed by atoms with van der Waals surface area (Å²) in [6.07, 6.45) is -4.36. The summed E-state index contributed by atoms with van der Waals surface area (Å²) in [5.74, 6) is 0.114. The highest BCUT2D eigenvalue weighted by Crippen LogP contribution is 2.39. The van der Waals surface area contributed by atoms with Crippen LogP contribution >= 0.6 is 11.3 Å². The third-order valence-corrected chi connectivity index (χ3v) is 9.49. The van der Waals surface area contributed by atoms with E-state index in [1.54, 1.807) is 41.8 Å². The van der Waals surface area contributed by atoms with Gasteiger partial charge in [0.15, 0.2) is 5.60 Å². The van der Waals surface area contributed by atoms with Crippen molar-refractivity contribution in [3.63, 3.8) is 0 Å². The van der Waals surface area contributed by atoms with Crippen molar-refractivity contribution in [1.29, 1.82) is 0 Å². The second-order valence-corrected chi connectivity index (χ2v) is 11.7. The lowest BCUT2D eigenvalue weighted by molar-refractivity contribution is -0.258. The van der Waals surface area contributed by atoms with Crippen LogP contribution < -0.4 is 4.90 Å². The summed E-state index contributed by atoms with van der Waals surface area (Å²) in [5, 5.41) is 21.3. The van der Waals surface area contributed by atoms with E-state index in [2.05, 4.69) is 0 Å². The highest BCUT2D eigenvalue weighted by Gasteiger charge is 2.51. The molecule has 2 heterocycles. The van der Waals surface area contributed by atoms with Crippen LogP contribution in [0.25, 0.3) is 0 Å². The van der Waals surface area contributed by atoms with Crippen LogP contribution in [-0.2, 0) is 22.0 Å². The summed E-state index contributed by atoms with van der Waals surface area (Å²) >= 11 is 1.15. The highest BCUT2D eigenvalue weighted by molar-refractivity contribution is 7.91. The normalized spacial score (nSPS) is 19.5. The highest BCUT2D eigenvalue weighted by atomic mass is 32.2. The number of hydrogen-bond acceptors (Lipinski definition) is 6. The number of hydrogen-bond donors (Lipinski definition) is 2. The van der Waals surface area contributed by atoms with Crippen molar-refractivity contribution in [2.24, 2.45) is 0 Å². The molecule has 0 saturated carbocycles. The maximum atomic E-state index is 13.2. The van der Waals surface area contributed by atoms with E-state index in [4.69, 9.17) is 0 Å². The molecule has 1 unspecified atom stereocenters. The molecule has 2 N–H and O–H groups in total. The van der Waals surface area contributed by atoms with E-state index in [0.717, 1.165) is 16.9 Å². The first kappa shape index (κ1) is 25.5. The minimum Gasteiger partial charge on any atom is -0.508 e. The van der Waals surface area contributed by atoms with Crippen LogP contribution in [0, 0.1) is 0 Å². The number of alkyl halides is 3. The van der Waals surface area contributed by atoms with E-state index < -0.39 is 21.8 Å². The van der Waals surface area contributed by atoms with Crippen LogP contribution in [0.3, 0.4) is 0 Å². The molecular formula is C24H25F3N2O4S2. The number of nitrogens with zero attached hydrogens (tertiary/aromatic N) is 2. The Bertz CT molecular complexity index is 1240. The van der Waals surface area contributed by atoms with Gasteiger partial charge < -0.3 is 15.1 Å². The molecule has 1 saturated heterocycles. The van der Waals surface area contributed by atoms with Crippen molar-refractivity contribution < 1.29 is 31.8 Å². The fourth-order valence-electron chi connectivity index (χ4n) is 4.14. The van der Waals surface area contributed by atoms with Crippen molar-refractivity contribution in [2.45, 2.75) is 35.4 Å². The molecule has 1 aliphatic heterocycles. The zero-order valence-corrected chi connectivity index (χ0v) is 20.4. The average molecular weight is 527 g/mol. The van der Waals surface area contributed by atoms with Gasteiger partial charge in [0.1, 0.15) is 9.96 Å². The Morgan fingerprint density at radius 2 is 1.69 bits per heavy atom. The molecule has 1 fully saturated rings. The second kappa shape index (κ2) is 9.45. The van der Waals surface area contributed by atoms with E-state index in [1.165, 1.54) is 28.6 Å². The Kier molecular flexibility index (Phi) is 6.89. The van der Waals surface area contributed by atoms with Gasteiger partial charge in [-0.05, 0) is 60.2 Å². The Balaban J connectivity index is 1.63. The fraction of sp³-hybridized carbons (Fsp3) is 0.333. The molecule has 2 aromatic carbocycles. The zero-order chi connectivity index (χ0) is 25.4. The molecule has 6 nitrogen and oxygen atoms in total. The molecule has 2 atom stereocenters. The molecule has 0 aliphatic carbocycles. The Hall–Kier alpha value is -2.60. The lowest BCUT2D eigenvalue weighted by atomic mass is 9.94. The van der Waals surface area contributed by atoms with Crippen LogP contribution in [0.1, 0.15) is 18.1 Å². The number of phenolic OH excluding ortho intramolecular Hbond substituents is 1. The van der Waals surface area contributed by atoms with Gasteiger partial charge in [0, 0.05) is 31.4 Å². The lowest BCUT2D eigenvalue weighted by Crippen LogP contribution is -2.55.